The number of nitrogens with one attached hydrogen (secondary N) is 1. The van der Waals surface area contributed by atoms with Gasteiger partial charge in [0.05, 0.1) is 64.2 Å². The minimum absolute atomic E-state index is 0. The van der Waals surface area contributed by atoms with Crippen LogP contribution in [0.15, 0.2) is 0 Å². The van der Waals surface area contributed by atoms with Crippen LogP contribution in [0, 0.1) is 0 Å². The molecule has 0 aromatic heterocycles. The largest absolute Gasteiger partial charge is 0.378 e. The molecule has 210 valence electrons. The van der Waals surface area contributed by atoms with Gasteiger partial charge in [0.25, 0.3) is 0 Å². The third-order valence-electron chi connectivity index (χ3n) is 5.60. The van der Waals surface area contributed by atoms with E-state index in [4.69, 9.17) is 23.7 Å². The number of ether oxygens (including phenoxy) is 5. The molecule has 1 aliphatic heterocycles. The fourth-order valence-corrected chi connectivity index (χ4v) is 4.38. The van der Waals surface area contributed by atoms with Crippen molar-refractivity contribution in [1.29, 1.82) is 0 Å². The Kier molecular flexibility index (Phi) is 17.7. The number of amides is 1. The van der Waals surface area contributed by atoms with Crippen molar-refractivity contribution in [3.05, 3.63) is 0 Å². The molecule has 0 aliphatic carbocycles. The molecule has 1 amide bonds. The van der Waals surface area contributed by atoms with Gasteiger partial charge in [0.2, 0.25) is 15.9 Å². The molecule has 1 aliphatic rings. The first kappa shape index (κ1) is 32.2. The number of sulfonamides is 1. The molecule has 1 fully saturated rings. The van der Waals surface area contributed by atoms with Crippen molar-refractivity contribution in [1.82, 2.24) is 14.5 Å². The second kappa shape index (κ2) is 19.3. The number of carbonyl (C=O) groups is 1. The van der Waals surface area contributed by atoms with Gasteiger partial charge in [0.15, 0.2) is 0 Å². The molecule has 0 radical (unpaired) electrons. The lowest BCUT2D eigenvalue weighted by atomic mass is 10.3. The quantitative estimate of drug-likeness (QED) is 0.214. The molecule has 0 aromatic carbocycles. The van der Waals surface area contributed by atoms with E-state index >= 15 is 0 Å². The summed E-state index contributed by atoms with van der Waals surface area (Å²) < 4.78 is 53.3. The van der Waals surface area contributed by atoms with E-state index in [1.165, 1.54) is 0 Å². The minimum Gasteiger partial charge on any atom is -0.378 e. The number of piperazine rings is 1. The predicted octanol–water partition coefficient (Wildman–Crippen LogP) is 0.586. The van der Waals surface area contributed by atoms with E-state index in [1.807, 2.05) is 13.8 Å². The highest BCUT2D eigenvalue weighted by atomic mass is 32.2. The normalized spacial score (nSPS) is 16.6. The van der Waals surface area contributed by atoms with Crippen molar-refractivity contribution >= 4 is 15.9 Å². The number of hydrogen-bond acceptors (Lipinski definition) is 9. The number of carbonyl (C=O) groups excluding carboxylic acids is 1. The van der Waals surface area contributed by atoms with Gasteiger partial charge < -0.3 is 29.0 Å². The van der Waals surface area contributed by atoms with Gasteiger partial charge in [0.1, 0.15) is 6.61 Å². The third-order valence-corrected chi connectivity index (χ3v) is 7.87. The zero-order chi connectivity index (χ0) is 25.9. The lowest BCUT2D eigenvalue weighted by Gasteiger charge is -2.34. The van der Waals surface area contributed by atoms with E-state index in [0.29, 0.717) is 72.5 Å². The molecule has 12 heteroatoms. The summed E-state index contributed by atoms with van der Waals surface area (Å²) in [5.41, 5.74) is 0. The van der Waals surface area contributed by atoms with Crippen LogP contribution in [0.4, 0.5) is 0 Å². The molecule has 1 N–H and O–H groups in total. The van der Waals surface area contributed by atoms with Crippen LogP contribution in [0.5, 0.6) is 0 Å². The van der Waals surface area contributed by atoms with Crippen molar-refractivity contribution in [2.24, 2.45) is 0 Å². The smallest absolute Gasteiger partial charge is 0.246 e. The summed E-state index contributed by atoms with van der Waals surface area (Å²) in [6.07, 6.45) is 0.966. The summed E-state index contributed by atoms with van der Waals surface area (Å²) in [5.74, 6) is -0.135. The van der Waals surface area contributed by atoms with Gasteiger partial charge in [-0.3, -0.25) is 9.69 Å². The van der Waals surface area contributed by atoms with Gasteiger partial charge in [-0.25, -0.2) is 8.42 Å². The predicted molar refractivity (Wildman–Crippen MR) is 136 cm³/mol. The lowest BCUT2D eigenvalue weighted by Crippen LogP contribution is -2.50. The minimum atomic E-state index is -3.16. The summed E-state index contributed by atoms with van der Waals surface area (Å²) >= 11 is 0. The van der Waals surface area contributed by atoms with E-state index in [0.717, 1.165) is 26.1 Å². The molecule has 1 saturated heterocycles. The van der Waals surface area contributed by atoms with Gasteiger partial charge in [-0.15, -0.1) is 0 Å². The SMILES string of the molecule is CCC(C)OCC(=O)NCCOCCOCCOCCOCCN1CCN(S(=O)(=O)C(C)C)CC1.[HH]. The van der Waals surface area contributed by atoms with Crippen molar-refractivity contribution in [2.45, 2.75) is 45.5 Å². The lowest BCUT2D eigenvalue weighted by molar-refractivity contribution is -0.127. The van der Waals surface area contributed by atoms with Gasteiger partial charge in [0, 0.05) is 40.7 Å². The first-order chi connectivity index (χ1) is 16.8. The molecular weight excluding hydrogens is 478 g/mol. The highest BCUT2D eigenvalue weighted by Crippen LogP contribution is 2.12. The molecule has 0 aromatic rings. The van der Waals surface area contributed by atoms with Gasteiger partial charge in [-0.1, -0.05) is 6.92 Å². The zero-order valence-corrected chi connectivity index (χ0v) is 22.9. The Labute approximate surface area is 213 Å². The van der Waals surface area contributed by atoms with Gasteiger partial charge >= 0.3 is 0 Å². The van der Waals surface area contributed by atoms with E-state index in [-0.39, 0.29) is 25.3 Å². The van der Waals surface area contributed by atoms with Crippen molar-refractivity contribution < 1.29 is 38.3 Å². The molecule has 1 heterocycles. The van der Waals surface area contributed by atoms with Crippen LogP contribution < -0.4 is 5.32 Å². The van der Waals surface area contributed by atoms with Crippen LogP contribution in [0.25, 0.3) is 0 Å². The summed E-state index contributed by atoms with van der Waals surface area (Å²) in [7, 11) is -3.16. The van der Waals surface area contributed by atoms with E-state index in [1.54, 1.807) is 18.2 Å². The zero-order valence-electron chi connectivity index (χ0n) is 22.0. The van der Waals surface area contributed by atoms with Gasteiger partial charge in [-0.2, -0.15) is 4.31 Å². The summed E-state index contributed by atoms with van der Waals surface area (Å²) in [6.45, 7) is 15.2. The van der Waals surface area contributed by atoms with Crippen molar-refractivity contribution in [3.8, 4) is 0 Å². The Morgan fingerprint density at radius 1 is 0.857 bits per heavy atom. The maximum absolute atomic E-state index is 12.2. The first-order valence-corrected chi connectivity index (χ1v) is 14.2. The molecular formula is C23H49N3O8S. The monoisotopic (exact) mass is 527 g/mol. The Hall–Kier alpha value is -0.860. The molecule has 0 bridgehead atoms. The highest BCUT2D eigenvalue weighted by Gasteiger charge is 2.28. The standard InChI is InChI=1S/C23H47N3O8S.H2/c1-5-22(4)34-20-23(27)24-6-12-30-14-16-32-18-19-33-17-15-31-13-11-25-7-9-26(10-8-25)35(28,29)21(2)3;/h21-22H,5-20H2,1-4H3,(H,24,27);1H. The van der Waals surface area contributed by atoms with Crippen LogP contribution >= 0.6 is 0 Å². The Morgan fingerprint density at radius 2 is 1.37 bits per heavy atom. The molecule has 35 heavy (non-hydrogen) atoms. The maximum Gasteiger partial charge on any atom is 0.246 e. The summed E-state index contributed by atoms with van der Waals surface area (Å²) in [5, 5.41) is 2.37. The number of rotatable bonds is 21. The Balaban J connectivity index is 0.0000122. The molecule has 11 nitrogen and oxygen atoms in total. The van der Waals surface area contributed by atoms with Crippen LogP contribution in [-0.4, -0.2) is 134 Å². The fourth-order valence-electron chi connectivity index (χ4n) is 3.11. The molecule has 1 unspecified atom stereocenters. The first-order valence-electron chi connectivity index (χ1n) is 12.7. The van der Waals surface area contributed by atoms with E-state index < -0.39 is 10.0 Å². The van der Waals surface area contributed by atoms with E-state index in [2.05, 4.69) is 10.2 Å². The average molecular weight is 528 g/mol. The second-order valence-electron chi connectivity index (χ2n) is 8.66. The Bertz CT molecular complexity index is 649. The third kappa shape index (κ3) is 15.1. The Morgan fingerprint density at radius 3 is 1.89 bits per heavy atom. The molecule has 0 spiro atoms. The summed E-state index contributed by atoms with van der Waals surface area (Å²) in [6, 6.07) is 0. The number of hydrogen-bond donors (Lipinski definition) is 1. The topological polar surface area (TPSA) is 116 Å². The van der Waals surface area contributed by atoms with Crippen molar-refractivity contribution in [2.75, 3.05) is 98.7 Å². The number of nitrogens with zero attached hydrogens (tertiary/aromatic N) is 2. The van der Waals surface area contributed by atoms with Gasteiger partial charge in [-0.05, 0) is 27.2 Å². The van der Waals surface area contributed by atoms with Crippen LogP contribution in [-0.2, 0) is 38.5 Å². The average Bonchev–Trinajstić information content (AvgIpc) is 2.85. The van der Waals surface area contributed by atoms with Crippen LogP contribution in [0.3, 0.4) is 0 Å². The van der Waals surface area contributed by atoms with Crippen molar-refractivity contribution in [3.63, 3.8) is 0 Å². The maximum atomic E-state index is 12.2. The molecule has 1 rings (SSSR count). The second-order valence-corrected chi connectivity index (χ2v) is 11.2. The highest BCUT2D eigenvalue weighted by molar-refractivity contribution is 7.89. The molecule has 0 saturated carbocycles. The summed E-state index contributed by atoms with van der Waals surface area (Å²) in [4.78, 5) is 13.8. The van der Waals surface area contributed by atoms with Crippen LogP contribution in [0.2, 0.25) is 0 Å². The fraction of sp³-hybridized carbons (Fsp3) is 0.957. The van der Waals surface area contributed by atoms with Crippen LogP contribution in [0.1, 0.15) is 35.5 Å². The molecule has 1 atom stereocenters. The van der Waals surface area contributed by atoms with E-state index in [9.17, 15) is 13.2 Å².